The van der Waals surface area contributed by atoms with E-state index in [9.17, 15) is 4.39 Å². The minimum atomic E-state index is -1.79. The lowest BCUT2D eigenvalue weighted by molar-refractivity contribution is 0.562. The maximum atomic E-state index is 13.0. The summed E-state index contributed by atoms with van der Waals surface area (Å²) < 4.78 is 11.2. The highest BCUT2D eigenvalue weighted by atomic mass is 35.6. The van der Waals surface area contributed by atoms with Crippen molar-refractivity contribution < 1.29 is 4.39 Å². The van der Waals surface area contributed by atoms with Gasteiger partial charge in [0.1, 0.15) is 0 Å². The molecule has 78 valence electrons. The fourth-order valence-electron chi connectivity index (χ4n) is 0.858. The van der Waals surface area contributed by atoms with Crippen LogP contribution in [0, 0.1) is 5.95 Å². The topological polar surface area (TPSA) is 25.8 Å². The molecule has 2 nitrogen and oxygen atoms in total. The lowest BCUT2D eigenvalue weighted by Crippen LogP contribution is -2.11. The third-order valence-corrected chi connectivity index (χ3v) is 2.07. The fourth-order valence-corrected chi connectivity index (χ4v) is 1.11. The van der Waals surface area contributed by atoms with E-state index in [1.54, 1.807) is 0 Å². The van der Waals surface area contributed by atoms with E-state index in [4.69, 9.17) is 34.8 Å². The van der Waals surface area contributed by atoms with Gasteiger partial charge in [-0.05, 0) is 5.92 Å². The van der Waals surface area contributed by atoms with Gasteiger partial charge in [0.25, 0.3) is 0 Å². The highest BCUT2D eigenvalue weighted by Crippen LogP contribution is 2.36. The first-order valence-corrected chi connectivity index (χ1v) is 5.05. The third-order valence-electron chi connectivity index (χ3n) is 1.56. The van der Waals surface area contributed by atoms with Crippen molar-refractivity contribution in [3.63, 3.8) is 0 Å². The summed E-state index contributed by atoms with van der Waals surface area (Å²) >= 11 is 16.6. The van der Waals surface area contributed by atoms with Crippen molar-refractivity contribution in [1.82, 2.24) is 9.97 Å². The Labute approximate surface area is 96.4 Å². The van der Waals surface area contributed by atoms with Crippen LogP contribution in [0.25, 0.3) is 0 Å². The Kier molecular flexibility index (Phi) is 3.56. The first kappa shape index (κ1) is 12.0. The zero-order chi connectivity index (χ0) is 10.9. The van der Waals surface area contributed by atoms with Gasteiger partial charge in [-0.2, -0.15) is 9.37 Å². The van der Waals surface area contributed by atoms with Gasteiger partial charge in [0.15, 0.2) is 5.82 Å². The normalized spacial score (nSPS) is 12.2. The van der Waals surface area contributed by atoms with E-state index in [0.717, 1.165) is 0 Å². The first-order chi connectivity index (χ1) is 6.30. The Bertz CT molecular complexity index is 336. The Hall–Kier alpha value is -0.120. The molecule has 0 aliphatic heterocycles. The van der Waals surface area contributed by atoms with Crippen molar-refractivity contribution in [2.75, 3.05) is 0 Å². The highest BCUT2D eigenvalue weighted by molar-refractivity contribution is 6.66. The average Bonchev–Trinajstić information content (AvgIpc) is 2.01. The van der Waals surface area contributed by atoms with Gasteiger partial charge in [-0.3, -0.25) is 0 Å². The molecule has 0 bridgehead atoms. The minimum Gasteiger partial charge on any atom is -0.233 e. The molecule has 0 atom stereocenters. The molecular weight excluding hydrogens is 249 g/mol. The smallest absolute Gasteiger partial charge is 0.233 e. The molecule has 1 rings (SSSR count). The van der Waals surface area contributed by atoms with Crippen LogP contribution in [0.5, 0.6) is 0 Å². The second kappa shape index (κ2) is 4.17. The van der Waals surface area contributed by atoms with Crippen molar-refractivity contribution in [3.05, 3.63) is 23.5 Å². The Balaban J connectivity index is 3.21. The molecule has 0 N–H and O–H groups in total. The molecule has 0 fully saturated rings. The number of aromatic nitrogens is 2. The number of hydrogen-bond acceptors (Lipinski definition) is 2. The monoisotopic (exact) mass is 256 g/mol. The fraction of sp³-hybridized carbons (Fsp3) is 0.500. The predicted octanol–water partition coefficient (Wildman–Crippen LogP) is 3.57. The van der Waals surface area contributed by atoms with Crippen LogP contribution in [0.2, 0.25) is 0 Å². The summed E-state index contributed by atoms with van der Waals surface area (Å²) in [5.41, 5.74) is 0.513. The molecule has 0 aliphatic rings. The summed E-state index contributed by atoms with van der Waals surface area (Å²) in [6.07, 6.45) is 0. The molecule has 0 saturated carbocycles. The zero-order valence-corrected chi connectivity index (χ0v) is 9.83. The number of halogens is 4. The van der Waals surface area contributed by atoms with Gasteiger partial charge in [0.05, 0.1) is 0 Å². The largest absolute Gasteiger partial charge is 0.250 e. The summed E-state index contributed by atoms with van der Waals surface area (Å²) in [6, 6.07) is 1.23. The average molecular weight is 258 g/mol. The second-order valence-corrected chi connectivity index (χ2v) is 5.37. The summed E-state index contributed by atoms with van der Waals surface area (Å²) in [5.74, 6) is -0.769. The summed E-state index contributed by atoms with van der Waals surface area (Å²) in [4.78, 5) is 7.37. The number of nitrogens with zero attached hydrogens (tertiary/aromatic N) is 2. The van der Waals surface area contributed by atoms with Crippen LogP contribution < -0.4 is 0 Å². The van der Waals surface area contributed by atoms with E-state index >= 15 is 0 Å². The lowest BCUT2D eigenvalue weighted by atomic mass is 10.1. The van der Waals surface area contributed by atoms with Crippen molar-refractivity contribution in [3.8, 4) is 0 Å². The van der Waals surface area contributed by atoms with Gasteiger partial charge in [0, 0.05) is 11.8 Å². The maximum Gasteiger partial charge on any atom is 0.250 e. The molecule has 0 unspecified atom stereocenters. The molecule has 0 spiro atoms. The van der Waals surface area contributed by atoms with Crippen molar-refractivity contribution in [2.45, 2.75) is 23.6 Å². The number of hydrogen-bond donors (Lipinski definition) is 0. The van der Waals surface area contributed by atoms with Crippen LogP contribution >= 0.6 is 34.8 Å². The third kappa shape index (κ3) is 2.94. The van der Waals surface area contributed by atoms with Crippen LogP contribution in [-0.2, 0) is 3.79 Å². The van der Waals surface area contributed by atoms with Crippen molar-refractivity contribution in [2.24, 2.45) is 0 Å². The van der Waals surface area contributed by atoms with Gasteiger partial charge in [-0.15, -0.1) is 0 Å². The van der Waals surface area contributed by atoms with Crippen molar-refractivity contribution >= 4 is 34.8 Å². The van der Waals surface area contributed by atoms with Gasteiger partial charge < -0.3 is 0 Å². The molecule has 0 aliphatic carbocycles. The standard InChI is InChI=1S/C8H8Cl3FN2/c1-4(2)5-3-6(12)14-7(13-5)8(9,10)11/h3-4H,1-2H3. The summed E-state index contributed by atoms with van der Waals surface area (Å²) in [5, 5.41) is 0. The summed E-state index contributed by atoms with van der Waals surface area (Å²) in [6.45, 7) is 3.73. The quantitative estimate of drug-likeness (QED) is 0.568. The summed E-state index contributed by atoms with van der Waals surface area (Å²) in [7, 11) is 0. The molecule has 6 heteroatoms. The molecule has 1 aromatic heterocycles. The van der Waals surface area contributed by atoms with Gasteiger partial charge >= 0.3 is 0 Å². The number of rotatable bonds is 1. The van der Waals surface area contributed by atoms with Gasteiger partial charge in [-0.25, -0.2) is 4.98 Å². The van der Waals surface area contributed by atoms with E-state index in [0.29, 0.717) is 5.69 Å². The van der Waals surface area contributed by atoms with Crippen LogP contribution in [-0.4, -0.2) is 9.97 Å². The molecule has 0 radical (unpaired) electrons. The maximum absolute atomic E-state index is 13.0. The first-order valence-electron chi connectivity index (χ1n) is 3.92. The van der Waals surface area contributed by atoms with Crippen LogP contribution in [0.15, 0.2) is 6.07 Å². The molecular formula is C8H8Cl3FN2. The van der Waals surface area contributed by atoms with E-state index in [-0.39, 0.29) is 11.7 Å². The molecule has 0 saturated heterocycles. The van der Waals surface area contributed by atoms with Crippen molar-refractivity contribution in [1.29, 1.82) is 0 Å². The highest BCUT2D eigenvalue weighted by Gasteiger charge is 2.28. The van der Waals surface area contributed by atoms with Crippen LogP contribution in [0.1, 0.15) is 31.3 Å². The number of alkyl halides is 3. The molecule has 14 heavy (non-hydrogen) atoms. The van der Waals surface area contributed by atoms with E-state index < -0.39 is 9.74 Å². The van der Waals surface area contributed by atoms with Gasteiger partial charge in [-0.1, -0.05) is 48.7 Å². The molecule has 0 amide bonds. The lowest BCUT2D eigenvalue weighted by Gasteiger charge is -2.11. The minimum absolute atomic E-state index is 0.0543. The van der Waals surface area contributed by atoms with Gasteiger partial charge in [0.2, 0.25) is 9.74 Å². The molecule has 1 aromatic rings. The van der Waals surface area contributed by atoms with E-state index in [1.165, 1.54) is 6.07 Å². The Morgan fingerprint density at radius 3 is 2.29 bits per heavy atom. The SMILES string of the molecule is CC(C)c1cc(F)nc(C(Cl)(Cl)Cl)n1. The Morgan fingerprint density at radius 1 is 1.29 bits per heavy atom. The van der Waals surface area contributed by atoms with Crippen LogP contribution in [0.3, 0.4) is 0 Å². The van der Waals surface area contributed by atoms with Crippen LogP contribution in [0.4, 0.5) is 4.39 Å². The van der Waals surface area contributed by atoms with E-state index in [1.807, 2.05) is 13.8 Å². The molecule has 0 aromatic carbocycles. The van der Waals surface area contributed by atoms with E-state index in [2.05, 4.69) is 9.97 Å². The Morgan fingerprint density at radius 2 is 1.86 bits per heavy atom. The predicted molar refractivity (Wildman–Crippen MR) is 55.3 cm³/mol. The second-order valence-electron chi connectivity index (χ2n) is 3.09. The zero-order valence-electron chi connectivity index (χ0n) is 7.56. The molecule has 1 heterocycles.